The summed E-state index contributed by atoms with van der Waals surface area (Å²) in [6, 6.07) is 44.0. The van der Waals surface area contributed by atoms with Gasteiger partial charge in [0.1, 0.15) is 8.07 Å². The van der Waals surface area contributed by atoms with Crippen LogP contribution in [0.25, 0.3) is 33.4 Å². The van der Waals surface area contributed by atoms with Gasteiger partial charge in [-0.05, 0) is 84.0 Å². The van der Waals surface area contributed by atoms with Crippen LogP contribution in [-0.4, -0.2) is 8.07 Å². The van der Waals surface area contributed by atoms with Gasteiger partial charge in [0, 0.05) is 11.1 Å². The van der Waals surface area contributed by atoms with Gasteiger partial charge in [-0.3, -0.25) is 0 Å². The number of benzene rings is 6. The van der Waals surface area contributed by atoms with Crippen molar-refractivity contribution >= 4 is 23.6 Å². The van der Waals surface area contributed by atoms with Crippen LogP contribution in [0, 0.1) is 0 Å². The highest BCUT2D eigenvalue weighted by atomic mass is 28.3. The molecule has 0 aliphatic heterocycles. The first-order valence-corrected chi connectivity index (χ1v) is 17.5. The van der Waals surface area contributed by atoms with Crippen molar-refractivity contribution in [1.82, 2.24) is 0 Å². The van der Waals surface area contributed by atoms with Gasteiger partial charge in [0.25, 0.3) is 5.92 Å². The lowest BCUT2D eigenvalue weighted by molar-refractivity contribution is 0.0481. The van der Waals surface area contributed by atoms with Crippen LogP contribution in [0.15, 0.2) is 127 Å². The molecule has 0 saturated carbocycles. The van der Waals surface area contributed by atoms with E-state index in [-0.39, 0.29) is 11.1 Å². The fourth-order valence-corrected chi connectivity index (χ4v) is 11.5. The SMILES string of the molecule is C[Si](c1ccc2c(c1)Cc1ccccc1-2)(c1ccc2c(c1)Cc1ccccc1-2)c1ccc2c(c1)C(F)(F)c1ccccc1-2. The van der Waals surface area contributed by atoms with Crippen molar-refractivity contribution in [3.63, 3.8) is 0 Å². The fourth-order valence-electron chi connectivity index (χ4n) is 7.90. The number of hydrogen-bond acceptors (Lipinski definition) is 0. The first-order valence-electron chi connectivity index (χ1n) is 15.0. The molecule has 0 unspecified atom stereocenters. The fraction of sp³-hybridized carbons (Fsp3) is 0.100. The Bertz CT molecular complexity index is 2040. The summed E-state index contributed by atoms with van der Waals surface area (Å²) < 4.78 is 32.0. The zero-order valence-corrected chi connectivity index (χ0v) is 24.8. The third kappa shape index (κ3) is 3.40. The maximum absolute atomic E-state index is 16.0. The molecule has 0 radical (unpaired) electrons. The summed E-state index contributed by atoms with van der Waals surface area (Å²) in [4.78, 5) is 0. The van der Waals surface area contributed by atoms with E-state index in [2.05, 4.69) is 97.5 Å². The Balaban J connectivity index is 1.25. The maximum atomic E-state index is 16.0. The van der Waals surface area contributed by atoms with Gasteiger partial charge in [-0.15, -0.1) is 0 Å². The molecule has 0 N–H and O–H groups in total. The molecule has 0 nitrogen and oxygen atoms in total. The van der Waals surface area contributed by atoms with Gasteiger partial charge >= 0.3 is 0 Å². The molecule has 0 fully saturated rings. The van der Waals surface area contributed by atoms with E-state index in [4.69, 9.17) is 0 Å². The number of hydrogen-bond donors (Lipinski definition) is 0. The van der Waals surface area contributed by atoms with Crippen LogP contribution >= 0.6 is 0 Å². The molecule has 9 rings (SSSR count). The first-order chi connectivity index (χ1) is 20.9. The normalized spacial score (nSPS) is 14.9. The summed E-state index contributed by atoms with van der Waals surface area (Å²) in [6.07, 6.45) is 1.81. The van der Waals surface area contributed by atoms with E-state index >= 15 is 8.78 Å². The number of alkyl halides is 2. The largest absolute Gasteiger partial charge is 0.299 e. The Morgan fingerprint density at radius 1 is 0.442 bits per heavy atom. The molecule has 0 bridgehead atoms. The van der Waals surface area contributed by atoms with Crippen LogP contribution in [0.5, 0.6) is 0 Å². The lowest BCUT2D eigenvalue weighted by atomic mass is 10.1. The van der Waals surface area contributed by atoms with Crippen LogP contribution in [0.1, 0.15) is 33.4 Å². The second kappa shape index (κ2) is 8.71. The summed E-state index contributed by atoms with van der Waals surface area (Å²) in [5, 5.41) is 3.53. The lowest BCUT2D eigenvalue weighted by Crippen LogP contribution is -2.65. The molecule has 0 amide bonds. The monoisotopic (exact) mass is 574 g/mol. The Kier molecular flexibility index (Phi) is 5.06. The molecule has 0 atom stereocenters. The number of rotatable bonds is 3. The van der Waals surface area contributed by atoms with Crippen molar-refractivity contribution in [2.75, 3.05) is 0 Å². The molecule has 0 heterocycles. The topological polar surface area (TPSA) is 0 Å². The molecule has 6 aromatic carbocycles. The minimum absolute atomic E-state index is 0.108. The van der Waals surface area contributed by atoms with Crippen LogP contribution in [0.2, 0.25) is 6.55 Å². The van der Waals surface area contributed by atoms with E-state index in [1.165, 1.54) is 54.9 Å². The van der Waals surface area contributed by atoms with E-state index in [9.17, 15) is 0 Å². The van der Waals surface area contributed by atoms with Crippen molar-refractivity contribution in [2.45, 2.75) is 25.3 Å². The lowest BCUT2D eigenvalue weighted by Gasteiger charge is -2.31. The molecular formula is C40H28F2Si. The first kappa shape index (κ1) is 24.9. The minimum Gasteiger partial charge on any atom is -0.196 e. The number of halogens is 2. The summed E-state index contributed by atoms with van der Waals surface area (Å²) in [6.45, 7) is 2.35. The minimum atomic E-state index is -3.02. The summed E-state index contributed by atoms with van der Waals surface area (Å²) in [7, 11) is -2.71. The standard InChI is InChI=1S/C40H28F2Si/c1-43(29-14-17-34-27(22-29)20-25-8-2-4-10-32(25)34,30-15-18-35-28(23-30)21-26-9-3-5-11-33(26)35)31-16-19-37-36-12-6-7-13-38(36)40(41,42)39(37)24-31/h2-19,22-24H,20-21H2,1H3. The third-order valence-electron chi connectivity index (χ3n) is 10.2. The summed E-state index contributed by atoms with van der Waals surface area (Å²) in [5.74, 6) is -3.02. The molecule has 3 heteroatoms. The van der Waals surface area contributed by atoms with E-state index in [1.54, 1.807) is 12.1 Å². The highest BCUT2D eigenvalue weighted by Crippen LogP contribution is 2.50. The van der Waals surface area contributed by atoms with E-state index in [0.29, 0.717) is 11.1 Å². The molecule has 206 valence electrons. The molecular weight excluding hydrogens is 547 g/mol. The van der Waals surface area contributed by atoms with Crippen LogP contribution in [-0.2, 0) is 18.8 Å². The van der Waals surface area contributed by atoms with Crippen molar-refractivity contribution in [1.29, 1.82) is 0 Å². The smallest absolute Gasteiger partial charge is 0.196 e. The average molecular weight is 575 g/mol. The second-order valence-electron chi connectivity index (χ2n) is 12.4. The Morgan fingerprint density at radius 3 is 1.44 bits per heavy atom. The van der Waals surface area contributed by atoms with Gasteiger partial charge in [-0.25, -0.2) is 0 Å². The molecule has 3 aliphatic carbocycles. The van der Waals surface area contributed by atoms with Gasteiger partial charge in [0.2, 0.25) is 0 Å². The van der Waals surface area contributed by atoms with Crippen molar-refractivity contribution < 1.29 is 8.78 Å². The van der Waals surface area contributed by atoms with Gasteiger partial charge in [0.15, 0.2) is 0 Å². The van der Waals surface area contributed by atoms with Crippen LogP contribution in [0.3, 0.4) is 0 Å². The zero-order chi connectivity index (χ0) is 28.9. The molecule has 0 saturated heterocycles. The van der Waals surface area contributed by atoms with Crippen LogP contribution in [0.4, 0.5) is 8.78 Å². The predicted molar refractivity (Wildman–Crippen MR) is 175 cm³/mol. The maximum Gasteiger partial charge on any atom is 0.299 e. The highest BCUT2D eigenvalue weighted by molar-refractivity contribution is 7.10. The predicted octanol–water partition coefficient (Wildman–Crippen LogP) is 8.05. The molecule has 6 aromatic rings. The second-order valence-corrected chi connectivity index (χ2v) is 16.4. The van der Waals surface area contributed by atoms with Gasteiger partial charge in [-0.1, -0.05) is 134 Å². The van der Waals surface area contributed by atoms with E-state index in [1.807, 2.05) is 24.3 Å². The van der Waals surface area contributed by atoms with Crippen LogP contribution < -0.4 is 15.6 Å². The quantitative estimate of drug-likeness (QED) is 0.148. The molecule has 43 heavy (non-hydrogen) atoms. The van der Waals surface area contributed by atoms with Gasteiger partial charge in [0.05, 0.1) is 0 Å². The zero-order valence-electron chi connectivity index (χ0n) is 23.8. The summed E-state index contributed by atoms with van der Waals surface area (Å²) in [5.41, 5.74) is 12.1. The molecule has 3 aliphatic rings. The third-order valence-corrected chi connectivity index (χ3v) is 14.6. The van der Waals surface area contributed by atoms with E-state index in [0.717, 1.165) is 18.0 Å². The highest BCUT2D eigenvalue weighted by Gasteiger charge is 2.46. The molecule has 0 spiro atoms. The Labute approximate surface area is 251 Å². The van der Waals surface area contributed by atoms with Crippen molar-refractivity contribution in [2.24, 2.45) is 0 Å². The average Bonchev–Trinajstić information content (AvgIpc) is 3.68. The number of fused-ring (bicyclic) bond motifs is 9. The molecule has 0 aromatic heterocycles. The Morgan fingerprint density at radius 2 is 0.860 bits per heavy atom. The Hall–Kier alpha value is -4.60. The summed E-state index contributed by atoms with van der Waals surface area (Å²) >= 11 is 0. The van der Waals surface area contributed by atoms with E-state index < -0.39 is 14.0 Å². The van der Waals surface area contributed by atoms with Gasteiger partial charge < -0.3 is 0 Å². The van der Waals surface area contributed by atoms with Crippen molar-refractivity contribution in [3.8, 4) is 33.4 Å². The van der Waals surface area contributed by atoms with Gasteiger partial charge in [-0.2, -0.15) is 8.78 Å². The van der Waals surface area contributed by atoms with Crippen molar-refractivity contribution in [3.05, 3.63) is 161 Å².